The first kappa shape index (κ1) is 18.5. The van der Waals surface area contributed by atoms with Gasteiger partial charge in [0.1, 0.15) is 0 Å². The highest BCUT2D eigenvalue weighted by atomic mass is 79.9. The fourth-order valence-electron chi connectivity index (χ4n) is 3.26. The predicted molar refractivity (Wildman–Crippen MR) is 104 cm³/mol. The van der Waals surface area contributed by atoms with E-state index in [4.69, 9.17) is 5.11 Å². The molecule has 0 spiro atoms. The van der Waals surface area contributed by atoms with Crippen molar-refractivity contribution in [2.24, 2.45) is 5.92 Å². The monoisotopic (exact) mass is 416 g/mol. The van der Waals surface area contributed by atoms with Gasteiger partial charge in [0.25, 0.3) is 0 Å². The zero-order valence-electron chi connectivity index (χ0n) is 14.3. The number of nitrogens with zero attached hydrogens (tertiary/aromatic N) is 2. The smallest absolute Gasteiger partial charge is 0.407 e. The second-order valence-electron chi connectivity index (χ2n) is 6.41. The Kier molecular flexibility index (Phi) is 5.93. The van der Waals surface area contributed by atoms with Gasteiger partial charge in [0.15, 0.2) is 0 Å². The van der Waals surface area contributed by atoms with E-state index < -0.39 is 6.09 Å². The van der Waals surface area contributed by atoms with Gasteiger partial charge in [0.2, 0.25) is 5.91 Å². The first-order valence-electron chi connectivity index (χ1n) is 8.64. The third-order valence-electron chi connectivity index (χ3n) is 4.71. The Morgan fingerprint density at radius 1 is 1.04 bits per heavy atom. The van der Waals surface area contributed by atoms with Gasteiger partial charge in [-0.25, -0.2) is 4.79 Å². The number of carbonyl (C=O) groups is 2. The molecule has 1 aliphatic rings. The third kappa shape index (κ3) is 4.25. The zero-order chi connectivity index (χ0) is 18.5. The lowest BCUT2D eigenvalue weighted by Gasteiger charge is -2.33. The molecule has 0 aromatic heterocycles. The average Bonchev–Trinajstić information content (AvgIpc) is 2.67. The van der Waals surface area contributed by atoms with Crippen molar-refractivity contribution < 1.29 is 14.7 Å². The molecular weight excluding hydrogens is 396 g/mol. The van der Waals surface area contributed by atoms with Crippen molar-refractivity contribution in [3.8, 4) is 0 Å². The van der Waals surface area contributed by atoms with E-state index in [9.17, 15) is 9.59 Å². The van der Waals surface area contributed by atoms with E-state index in [0.29, 0.717) is 32.5 Å². The number of anilines is 1. The molecule has 136 valence electrons. The molecule has 0 aliphatic carbocycles. The molecule has 6 heteroatoms. The number of benzene rings is 2. The molecule has 0 bridgehead atoms. The third-order valence-corrected chi connectivity index (χ3v) is 5.38. The fourth-order valence-corrected chi connectivity index (χ4v) is 3.76. The van der Waals surface area contributed by atoms with Crippen molar-refractivity contribution in [3.05, 3.63) is 64.6 Å². The Bertz CT molecular complexity index is 774. The molecule has 1 heterocycles. The van der Waals surface area contributed by atoms with Gasteiger partial charge in [0, 0.05) is 23.5 Å². The number of carboxylic acid groups (broad SMARTS) is 1. The number of hydrogen-bond donors (Lipinski definition) is 1. The summed E-state index contributed by atoms with van der Waals surface area (Å²) in [6, 6.07) is 17.6. The molecule has 26 heavy (non-hydrogen) atoms. The summed E-state index contributed by atoms with van der Waals surface area (Å²) >= 11 is 3.55. The lowest BCUT2D eigenvalue weighted by atomic mass is 9.95. The summed E-state index contributed by atoms with van der Waals surface area (Å²) in [6.45, 7) is 1.29. The maximum absolute atomic E-state index is 13.3. The van der Waals surface area contributed by atoms with Crippen LogP contribution in [0.3, 0.4) is 0 Å². The van der Waals surface area contributed by atoms with E-state index in [1.807, 2.05) is 54.6 Å². The second-order valence-corrected chi connectivity index (χ2v) is 7.26. The van der Waals surface area contributed by atoms with E-state index in [-0.39, 0.29) is 11.8 Å². The molecule has 0 atom stereocenters. The number of amides is 2. The first-order valence-corrected chi connectivity index (χ1v) is 9.43. The van der Waals surface area contributed by atoms with Gasteiger partial charge in [-0.3, -0.25) is 4.79 Å². The summed E-state index contributed by atoms with van der Waals surface area (Å²) < 4.78 is 0.868. The Morgan fingerprint density at radius 3 is 2.27 bits per heavy atom. The van der Waals surface area contributed by atoms with Crippen LogP contribution in [0.15, 0.2) is 59.1 Å². The van der Waals surface area contributed by atoms with Gasteiger partial charge in [-0.1, -0.05) is 42.5 Å². The summed E-state index contributed by atoms with van der Waals surface area (Å²) in [4.78, 5) is 27.6. The van der Waals surface area contributed by atoms with Crippen LogP contribution in [0.5, 0.6) is 0 Å². The van der Waals surface area contributed by atoms with E-state index in [1.165, 1.54) is 4.90 Å². The average molecular weight is 417 g/mol. The molecule has 1 N–H and O–H groups in total. The minimum absolute atomic E-state index is 0.0470. The number of halogens is 1. The largest absolute Gasteiger partial charge is 0.465 e. The lowest BCUT2D eigenvalue weighted by Crippen LogP contribution is -2.44. The van der Waals surface area contributed by atoms with Crippen LogP contribution in [-0.2, 0) is 11.3 Å². The molecule has 2 amide bonds. The molecule has 1 fully saturated rings. The van der Waals surface area contributed by atoms with Crippen LogP contribution in [0.2, 0.25) is 0 Å². The summed E-state index contributed by atoms with van der Waals surface area (Å²) in [6.07, 6.45) is 0.199. The Balaban J connectivity index is 1.82. The quantitative estimate of drug-likeness (QED) is 0.804. The van der Waals surface area contributed by atoms with Crippen molar-refractivity contribution in [2.45, 2.75) is 19.4 Å². The van der Waals surface area contributed by atoms with Crippen LogP contribution >= 0.6 is 15.9 Å². The lowest BCUT2D eigenvalue weighted by molar-refractivity contribution is -0.123. The number of carbonyl (C=O) groups excluding carboxylic acids is 1. The highest BCUT2D eigenvalue weighted by molar-refractivity contribution is 9.10. The van der Waals surface area contributed by atoms with Crippen molar-refractivity contribution in [3.63, 3.8) is 0 Å². The minimum atomic E-state index is -0.914. The van der Waals surface area contributed by atoms with Gasteiger partial charge < -0.3 is 14.9 Å². The molecule has 0 saturated carbocycles. The van der Waals surface area contributed by atoms with Crippen LogP contribution in [0.25, 0.3) is 0 Å². The van der Waals surface area contributed by atoms with E-state index in [1.54, 1.807) is 4.90 Å². The fraction of sp³-hybridized carbons (Fsp3) is 0.300. The number of rotatable bonds is 4. The highest BCUT2D eigenvalue weighted by Crippen LogP contribution is 2.30. The Hall–Kier alpha value is -2.34. The maximum Gasteiger partial charge on any atom is 0.407 e. The molecule has 1 aliphatic heterocycles. The summed E-state index contributed by atoms with van der Waals surface area (Å²) in [5.41, 5.74) is 1.89. The summed E-state index contributed by atoms with van der Waals surface area (Å²) in [7, 11) is 0. The topological polar surface area (TPSA) is 60.9 Å². The van der Waals surface area contributed by atoms with E-state index in [0.717, 1.165) is 15.7 Å². The van der Waals surface area contributed by atoms with Crippen LogP contribution in [0.1, 0.15) is 18.4 Å². The Labute approximate surface area is 161 Å². The molecule has 2 aromatic rings. The molecule has 2 aromatic carbocycles. The minimum Gasteiger partial charge on any atom is -0.465 e. The van der Waals surface area contributed by atoms with E-state index >= 15 is 0 Å². The predicted octanol–water partition coefficient (Wildman–Crippen LogP) is 4.37. The number of para-hydroxylation sites is 1. The molecule has 0 radical (unpaired) electrons. The van der Waals surface area contributed by atoms with Gasteiger partial charge in [0.05, 0.1) is 12.2 Å². The van der Waals surface area contributed by atoms with Crippen molar-refractivity contribution >= 4 is 33.6 Å². The van der Waals surface area contributed by atoms with Crippen LogP contribution < -0.4 is 4.90 Å². The number of hydrogen-bond acceptors (Lipinski definition) is 2. The molecular formula is C20H21BrN2O3. The SMILES string of the molecule is O=C(O)N1CCC(C(=O)N(Cc2ccccc2)c2ccccc2Br)CC1. The van der Waals surface area contributed by atoms with Gasteiger partial charge in [-0.2, -0.15) is 0 Å². The van der Waals surface area contributed by atoms with Crippen LogP contribution in [-0.4, -0.2) is 35.1 Å². The van der Waals surface area contributed by atoms with Gasteiger partial charge in [-0.15, -0.1) is 0 Å². The zero-order valence-corrected chi connectivity index (χ0v) is 15.9. The van der Waals surface area contributed by atoms with Crippen molar-refractivity contribution in [2.75, 3.05) is 18.0 Å². The normalized spacial score (nSPS) is 14.9. The molecule has 5 nitrogen and oxygen atoms in total. The molecule has 3 rings (SSSR count). The van der Waals surface area contributed by atoms with Gasteiger partial charge >= 0.3 is 6.09 Å². The van der Waals surface area contributed by atoms with Crippen LogP contribution in [0.4, 0.5) is 10.5 Å². The standard InChI is InChI=1S/C20H21BrN2O3/c21-17-8-4-5-9-18(17)23(14-15-6-2-1-3-7-15)19(24)16-10-12-22(13-11-16)20(25)26/h1-9,16H,10-14H2,(H,25,26). The number of piperidine rings is 1. The highest BCUT2D eigenvalue weighted by Gasteiger charge is 2.31. The second kappa shape index (κ2) is 8.36. The summed E-state index contributed by atoms with van der Waals surface area (Å²) in [5.74, 6) is -0.118. The van der Waals surface area contributed by atoms with Crippen molar-refractivity contribution in [1.82, 2.24) is 4.90 Å². The van der Waals surface area contributed by atoms with Crippen LogP contribution in [0, 0.1) is 5.92 Å². The summed E-state index contributed by atoms with van der Waals surface area (Å²) in [5, 5.41) is 9.11. The Morgan fingerprint density at radius 2 is 1.65 bits per heavy atom. The number of likely N-dealkylation sites (tertiary alicyclic amines) is 1. The first-order chi connectivity index (χ1) is 12.6. The maximum atomic E-state index is 13.3. The van der Waals surface area contributed by atoms with E-state index in [2.05, 4.69) is 15.9 Å². The van der Waals surface area contributed by atoms with Gasteiger partial charge in [-0.05, 0) is 46.5 Å². The van der Waals surface area contributed by atoms with Crippen molar-refractivity contribution in [1.29, 1.82) is 0 Å². The molecule has 1 saturated heterocycles. The molecule has 0 unspecified atom stereocenters.